The monoisotopic (exact) mass is 297 g/mol. The van der Waals surface area contributed by atoms with Crippen molar-refractivity contribution >= 4 is 44.8 Å². The molecule has 17 heavy (non-hydrogen) atoms. The largest absolute Gasteiger partial charge is 0.309 e. The van der Waals surface area contributed by atoms with Crippen molar-refractivity contribution in [2.24, 2.45) is 0 Å². The van der Waals surface area contributed by atoms with E-state index in [4.69, 9.17) is 23.2 Å². The predicted octanol–water partition coefficient (Wildman–Crippen LogP) is 1.16. The lowest BCUT2D eigenvalue weighted by Crippen LogP contribution is -2.32. The zero-order valence-corrected chi connectivity index (χ0v) is 11.3. The van der Waals surface area contributed by atoms with Crippen molar-refractivity contribution < 1.29 is 13.2 Å². The molecule has 1 aromatic rings. The molecule has 1 atom stereocenters. The zero-order valence-electron chi connectivity index (χ0n) is 8.94. The van der Waals surface area contributed by atoms with Gasteiger partial charge in [-0.05, 0) is 18.5 Å². The first-order valence-electron chi connectivity index (χ1n) is 4.40. The van der Waals surface area contributed by atoms with Gasteiger partial charge in [-0.2, -0.15) is 0 Å². The number of hydrogen-bond acceptors (Lipinski definition) is 5. The molecular formula is C8H9Cl2N3O3S. The van der Waals surface area contributed by atoms with Crippen LogP contribution in [-0.4, -0.2) is 35.8 Å². The normalized spacial score (nSPS) is 13.2. The van der Waals surface area contributed by atoms with Crippen LogP contribution < -0.4 is 5.32 Å². The lowest BCUT2D eigenvalue weighted by Gasteiger charge is -2.09. The molecule has 0 spiro atoms. The average Bonchev–Trinajstić information content (AvgIpc) is 2.13. The van der Waals surface area contributed by atoms with Gasteiger partial charge in [0.15, 0.2) is 9.84 Å². The van der Waals surface area contributed by atoms with Gasteiger partial charge in [-0.3, -0.25) is 4.79 Å². The third kappa shape index (κ3) is 4.10. The van der Waals surface area contributed by atoms with E-state index in [1.807, 2.05) is 0 Å². The van der Waals surface area contributed by atoms with E-state index in [0.29, 0.717) is 0 Å². The van der Waals surface area contributed by atoms with E-state index in [-0.39, 0.29) is 16.3 Å². The summed E-state index contributed by atoms with van der Waals surface area (Å²) in [4.78, 5) is 18.8. The SMILES string of the molecule is CC(C(=O)Nc1cc(Cl)nc(Cl)n1)S(C)(=O)=O. The molecule has 0 bridgehead atoms. The van der Waals surface area contributed by atoms with Gasteiger partial charge >= 0.3 is 0 Å². The van der Waals surface area contributed by atoms with Crippen molar-refractivity contribution in [2.75, 3.05) is 11.6 Å². The zero-order chi connectivity index (χ0) is 13.2. The van der Waals surface area contributed by atoms with Crippen LogP contribution in [0, 0.1) is 0 Å². The molecule has 1 amide bonds. The van der Waals surface area contributed by atoms with Gasteiger partial charge in [-0.15, -0.1) is 0 Å². The molecule has 6 nitrogen and oxygen atoms in total. The first-order chi connectivity index (χ1) is 7.70. The van der Waals surface area contributed by atoms with Gasteiger partial charge in [-0.1, -0.05) is 11.6 Å². The topological polar surface area (TPSA) is 89.0 Å². The van der Waals surface area contributed by atoms with Crippen molar-refractivity contribution in [3.63, 3.8) is 0 Å². The van der Waals surface area contributed by atoms with Gasteiger partial charge < -0.3 is 5.32 Å². The van der Waals surface area contributed by atoms with E-state index >= 15 is 0 Å². The van der Waals surface area contributed by atoms with Crippen LogP contribution in [0.2, 0.25) is 10.4 Å². The summed E-state index contributed by atoms with van der Waals surface area (Å²) >= 11 is 11.1. The smallest absolute Gasteiger partial charge is 0.243 e. The summed E-state index contributed by atoms with van der Waals surface area (Å²) in [7, 11) is -3.46. The summed E-state index contributed by atoms with van der Waals surface area (Å²) < 4.78 is 22.3. The summed E-state index contributed by atoms with van der Waals surface area (Å²) in [5.74, 6) is -0.658. The Morgan fingerprint density at radius 2 is 2.00 bits per heavy atom. The molecule has 0 aliphatic rings. The highest BCUT2D eigenvalue weighted by Gasteiger charge is 2.24. The number of carbonyl (C=O) groups is 1. The molecule has 94 valence electrons. The lowest BCUT2D eigenvalue weighted by molar-refractivity contribution is -0.115. The Hall–Kier alpha value is -0.920. The maximum atomic E-state index is 11.5. The molecule has 9 heteroatoms. The number of hydrogen-bond donors (Lipinski definition) is 1. The highest BCUT2D eigenvalue weighted by atomic mass is 35.5. The van der Waals surface area contributed by atoms with Crippen molar-refractivity contribution in [3.05, 3.63) is 16.5 Å². The molecule has 0 aromatic carbocycles. The molecule has 0 saturated heterocycles. The van der Waals surface area contributed by atoms with E-state index in [2.05, 4.69) is 15.3 Å². The third-order valence-electron chi connectivity index (χ3n) is 1.93. The molecule has 1 aromatic heterocycles. The summed E-state index contributed by atoms with van der Waals surface area (Å²) in [6, 6.07) is 1.26. The molecule has 0 aliphatic carbocycles. The second-order valence-electron chi connectivity index (χ2n) is 3.31. The first-order valence-corrected chi connectivity index (χ1v) is 7.11. The van der Waals surface area contributed by atoms with E-state index < -0.39 is 21.0 Å². The number of anilines is 1. The summed E-state index contributed by atoms with van der Waals surface area (Å²) in [5, 5.41) is 1.02. The second-order valence-corrected chi connectivity index (χ2v) is 6.40. The molecular weight excluding hydrogens is 289 g/mol. The number of carbonyl (C=O) groups excluding carboxylic acids is 1. The van der Waals surface area contributed by atoms with Crippen LogP contribution in [-0.2, 0) is 14.6 Å². The van der Waals surface area contributed by atoms with Crippen molar-refractivity contribution in [1.29, 1.82) is 0 Å². The van der Waals surface area contributed by atoms with Crippen LogP contribution in [0.4, 0.5) is 5.82 Å². The Morgan fingerprint density at radius 3 is 2.47 bits per heavy atom. The predicted molar refractivity (Wildman–Crippen MR) is 65.0 cm³/mol. The standard InChI is InChI=1S/C8H9Cl2N3O3S/c1-4(17(2,15)16)7(14)12-6-3-5(9)11-8(10)13-6/h3-4H,1-2H3,(H,11,12,13,14). The molecule has 0 fully saturated rings. The highest BCUT2D eigenvalue weighted by molar-refractivity contribution is 7.92. The van der Waals surface area contributed by atoms with Crippen LogP contribution in [0.1, 0.15) is 6.92 Å². The molecule has 0 saturated carbocycles. The number of aromatic nitrogens is 2. The molecule has 1 unspecified atom stereocenters. The number of nitrogens with one attached hydrogen (secondary N) is 1. The fourth-order valence-electron chi connectivity index (χ4n) is 0.876. The Morgan fingerprint density at radius 1 is 1.41 bits per heavy atom. The van der Waals surface area contributed by atoms with E-state index in [1.54, 1.807) is 0 Å². The molecule has 0 radical (unpaired) electrons. The number of nitrogens with zero attached hydrogens (tertiary/aromatic N) is 2. The van der Waals surface area contributed by atoms with Gasteiger partial charge in [0.1, 0.15) is 16.2 Å². The number of sulfone groups is 1. The van der Waals surface area contributed by atoms with Crippen molar-refractivity contribution in [3.8, 4) is 0 Å². The van der Waals surface area contributed by atoms with Crippen molar-refractivity contribution in [2.45, 2.75) is 12.2 Å². The third-order valence-corrected chi connectivity index (χ3v) is 3.79. The van der Waals surface area contributed by atoms with Crippen LogP contribution in [0.25, 0.3) is 0 Å². The Kier molecular flexibility index (Phi) is 4.29. The van der Waals surface area contributed by atoms with E-state index in [0.717, 1.165) is 6.26 Å². The number of amides is 1. The maximum absolute atomic E-state index is 11.5. The summed E-state index contributed by atoms with van der Waals surface area (Å²) in [6.45, 7) is 1.27. The minimum absolute atomic E-state index is 0.0484. The Labute approximate surface area is 108 Å². The average molecular weight is 298 g/mol. The lowest BCUT2D eigenvalue weighted by atomic mass is 10.4. The van der Waals surface area contributed by atoms with Gasteiger partial charge in [0.05, 0.1) is 0 Å². The fraction of sp³-hybridized carbons (Fsp3) is 0.375. The summed E-state index contributed by atoms with van der Waals surface area (Å²) in [6.07, 6.45) is 0.969. The van der Waals surface area contributed by atoms with Gasteiger partial charge in [0.25, 0.3) is 0 Å². The Balaban J connectivity index is 2.89. The van der Waals surface area contributed by atoms with Crippen LogP contribution >= 0.6 is 23.2 Å². The molecule has 1 heterocycles. The minimum atomic E-state index is -3.46. The van der Waals surface area contributed by atoms with Gasteiger partial charge in [-0.25, -0.2) is 18.4 Å². The molecule has 0 aliphatic heterocycles. The van der Waals surface area contributed by atoms with Crippen LogP contribution in [0.15, 0.2) is 6.07 Å². The van der Waals surface area contributed by atoms with E-state index in [9.17, 15) is 13.2 Å². The van der Waals surface area contributed by atoms with Crippen LogP contribution in [0.3, 0.4) is 0 Å². The minimum Gasteiger partial charge on any atom is -0.309 e. The Bertz CT molecular complexity index is 527. The number of halogens is 2. The highest BCUT2D eigenvalue weighted by Crippen LogP contribution is 2.15. The molecule has 1 rings (SSSR count). The van der Waals surface area contributed by atoms with Gasteiger partial charge in [0.2, 0.25) is 11.2 Å². The summed E-state index contributed by atoms with van der Waals surface area (Å²) in [5.41, 5.74) is 0. The first kappa shape index (κ1) is 14.1. The van der Waals surface area contributed by atoms with Crippen LogP contribution in [0.5, 0.6) is 0 Å². The fourth-order valence-corrected chi connectivity index (χ4v) is 1.73. The maximum Gasteiger partial charge on any atom is 0.243 e. The van der Waals surface area contributed by atoms with Crippen molar-refractivity contribution in [1.82, 2.24) is 9.97 Å². The quantitative estimate of drug-likeness (QED) is 0.668. The second kappa shape index (κ2) is 5.16. The van der Waals surface area contributed by atoms with E-state index in [1.165, 1.54) is 13.0 Å². The number of rotatable bonds is 3. The molecule has 1 N–H and O–H groups in total. The van der Waals surface area contributed by atoms with Gasteiger partial charge in [0, 0.05) is 12.3 Å².